The van der Waals surface area contributed by atoms with Gasteiger partial charge in [-0.3, -0.25) is 23.7 Å². The normalized spacial score (nSPS) is 26.0. The molecule has 1 fully saturated rings. The summed E-state index contributed by atoms with van der Waals surface area (Å²) in [5, 5.41) is 23.9. The van der Waals surface area contributed by atoms with Crippen LogP contribution < -0.4 is 20.9 Å². The van der Waals surface area contributed by atoms with Gasteiger partial charge in [-0.25, -0.2) is 9.36 Å². The lowest BCUT2D eigenvalue weighted by Gasteiger charge is -2.27. The van der Waals surface area contributed by atoms with Crippen LogP contribution in [-0.2, 0) is 23.4 Å². The second-order valence-corrected chi connectivity index (χ2v) is 10.6. The number of para-hydroxylation sites is 1. The van der Waals surface area contributed by atoms with Crippen LogP contribution in [-0.4, -0.2) is 62.3 Å². The number of benzene rings is 1. The number of esters is 1. The number of aromatic nitrogens is 2. The summed E-state index contributed by atoms with van der Waals surface area (Å²) in [6.07, 6.45) is -4.66. The largest absolute Gasteiger partial charge is 0.462 e. The maximum Gasteiger partial charge on any atom is 0.459 e. The van der Waals surface area contributed by atoms with E-state index in [-0.39, 0.29) is 5.75 Å². The zero-order valence-corrected chi connectivity index (χ0v) is 21.4. The molecule has 0 spiro atoms. The minimum Gasteiger partial charge on any atom is -0.462 e. The lowest BCUT2D eigenvalue weighted by Crippen LogP contribution is -2.47. The number of H-pyrrole nitrogens is 1. The van der Waals surface area contributed by atoms with E-state index in [0.29, 0.717) is 10.8 Å². The van der Waals surface area contributed by atoms with Crippen LogP contribution in [0, 0.1) is 5.82 Å². The fourth-order valence-corrected chi connectivity index (χ4v) is 5.02. The van der Waals surface area contributed by atoms with Crippen molar-refractivity contribution >= 4 is 13.7 Å². The van der Waals surface area contributed by atoms with Crippen LogP contribution in [0.15, 0.2) is 46.1 Å². The average Bonchev–Trinajstić information content (AvgIpc) is 3.03. The molecule has 0 radical (unpaired) electrons. The van der Waals surface area contributed by atoms with E-state index in [1.54, 1.807) is 37.0 Å². The quantitative estimate of drug-likeness (QED) is 0.245. The van der Waals surface area contributed by atoms with Gasteiger partial charge in [0, 0.05) is 0 Å². The zero-order valence-electron chi connectivity index (χ0n) is 20.5. The Morgan fingerprint density at radius 1 is 1.30 bits per heavy atom. The van der Waals surface area contributed by atoms with Gasteiger partial charge in [-0.2, -0.15) is 9.48 Å². The van der Waals surface area contributed by atoms with Gasteiger partial charge < -0.3 is 24.2 Å². The Kier molecular flexibility index (Phi) is 8.73. The Bertz CT molecular complexity index is 1270. The third-order valence-electron chi connectivity index (χ3n) is 5.37. The SMILES string of the molecule is CC(C)OC(=O)[C@@H](C)N[P@@](=O)(OC[C@H]1O[C@@H](n2cc(F)c(=O)[nH]c2=O)[C@](C)(O)[C@@H]1O)Oc1ccccc1. The van der Waals surface area contributed by atoms with E-state index in [1.807, 2.05) is 0 Å². The van der Waals surface area contributed by atoms with Gasteiger partial charge in [0.2, 0.25) is 5.82 Å². The highest BCUT2D eigenvalue weighted by molar-refractivity contribution is 7.52. The topological polar surface area (TPSA) is 178 Å². The number of halogens is 1. The van der Waals surface area contributed by atoms with Crippen molar-refractivity contribution in [2.24, 2.45) is 0 Å². The molecular formula is C22H29FN3O10P. The molecule has 2 heterocycles. The van der Waals surface area contributed by atoms with Gasteiger partial charge in [0.1, 0.15) is 29.6 Å². The number of carbonyl (C=O) groups is 1. The first-order chi connectivity index (χ1) is 17.2. The molecule has 37 heavy (non-hydrogen) atoms. The van der Waals surface area contributed by atoms with Crippen LogP contribution in [0.25, 0.3) is 0 Å². The van der Waals surface area contributed by atoms with Crippen LogP contribution in [0.4, 0.5) is 4.39 Å². The maximum atomic E-state index is 13.8. The predicted molar refractivity (Wildman–Crippen MR) is 126 cm³/mol. The van der Waals surface area contributed by atoms with Crippen molar-refractivity contribution in [3.63, 3.8) is 0 Å². The van der Waals surface area contributed by atoms with E-state index < -0.39 is 73.6 Å². The highest BCUT2D eigenvalue weighted by atomic mass is 31.2. The zero-order chi connectivity index (χ0) is 27.5. The summed E-state index contributed by atoms with van der Waals surface area (Å²) in [5.74, 6) is -1.91. The summed E-state index contributed by atoms with van der Waals surface area (Å²) >= 11 is 0. The molecule has 6 atom stereocenters. The standard InChI is InChI=1S/C22H29FN3O10P/c1-12(2)34-19(29)13(3)25-37(32,36-14-8-6-5-7-9-14)33-11-16-17(27)22(4,31)20(35-16)26-10-15(23)18(28)24-21(26)30/h5-10,12-13,16-17,20,27,31H,11H2,1-4H3,(H,25,32)(H,24,28,30)/t13-,16-,17-,20-,22-,37-/m1/s1. The van der Waals surface area contributed by atoms with Gasteiger partial charge in [0.25, 0.3) is 5.56 Å². The number of nitrogens with one attached hydrogen (secondary N) is 2. The Morgan fingerprint density at radius 3 is 2.57 bits per heavy atom. The Labute approximate surface area is 210 Å². The van der Waals surface area contributed by atoms with Crippen molar-refractivity contribution in [2.75, 3.05) is 6.61 Å². The number of carbonyl (C=O) groups excluding carboxylic acids is 1. The highest BCUT2D eigenvalue weighted by Crippen LogP contribution is 2.46. The molecule has 1 aliphatic rings. The summed E-state index contributed by atoms with van der Waals surface area (Å²) < 4.78 is 49.6. The summed E-state index contributed by atoms with van der Waals surface area (Å²) in [6, 6.07) is 6.78. The van der Waals surface area contributed by atoms with Crippen molar-refractivity contribution < 1.29 is 42.5 Å². The smallest absolute Gasteiger partial charge is 0.459 e. The third kappa shape index (κ3) is 6.72. The van der Waals surface area contributed by atoms with Crippen molar-refractivity contribution in [1.29, 1.82) is 0 Å². The molecule has 0 amide bonds. The third-order valence-corrected chi connectivity index (χ3v) is 7.01. The van der Waals surface area contributed by atoms with E-state index in [1.165, 1.54) is 19.1 Å². The van der Waals surface area contributed by atoms with Crippen molar-refractivity contribution in [3.8, 4) is 5.75 Å². The molecule has 1 aliphatic heterocycles. The molecule has 13 nitrogen and oxygen atoms in total. The Hall–Kier alpha value is -2.87. The minimum absolute atomic E-state index is 0.135. The molecule has 4 N–H and O–H groups in total. The number of hydrogen-bond acceptors (Lipinski definition) is 10. The fourth-order valence-electron chi connectivity index (χ4n) is 3.52. The molecule has 0 bridgehead atoms. The maximum absolute atomic E-state index is 13.8. The fraction of sp³-hybridized carbons (Fsp3) is 0.500. The Morgan fingerprint density at radius 2 is 1.95 bits per heavy atom. The van der Waals surface area contributed by atoms with E-state index in [0.717, 1.165) is 6.92 Å². The van der Waals surface area contributed by atoms with Gasteiger partial charge >= 0.3 is 19.4 Å². The van der Waals surface area contributed by atoms with Gasteiger partial charge in [0.15, 0.2) is 6.23 Å². The van der Waals surface area contributed by atoms with Crippen LogP contribution >= 0.6 is 7.75 Å². The molecule has 0 saturated carbocycles. The molecule has 15 heteroatoms. The molecule has 1 saturated heterocycles. The summed E-state index contributed by atoms with van der Waals surface area (Å²) in [4.78, 5) is 37.5. The van der Waals surface area contributed by atoms with Crippen molar-refractivity contribution in [2.45, 2.75) is 63.9 Å². The summed E-state index contributed by atoms with van der Waals surface area (Å²) in [5.41, 5.74) is -4.52. The number of aromatic amines is 1. The molecular weight excluding hydrogens is 516 g/mol. The number of rotatable bonds is 10. The number of aliphatic hydroxyl groups is 2. The number of nitrogens with zero attached hydrogens (tertiary/aromatic N) is 1. The first kappa shape index (κ1) is 28.7. The van der Waals surface area contributed by atoms with Gasteiger partial charge in [0.05, 0.1) is 18.9 Å². The Balaban J connectivity index is 1.82. The average molecular weight is 545 g/mol. The molecule has 1 aromatic heterocycles. The van der Waals surface area contributed by atoms with E-state index in [2.05, 4.69) is 5.09 Å². The van der Waals surface area contributed by atoms with E-state index in [4.69, 9.17) is 18.5 Å². The van der Waals surface area contributed by atoms with Crippen LogP contribution in [0.2, 0.25) is 0 Å². The van der Waals surface area contributed by atoms with Crippen LogP contribution in [0.3, 0.4) is 0 Å². The van der Waals surface area contributed by atoms with Gasteiger partial charge in [-0.1, -0.05) is 18.2 Å². The molecule has 204 valence electrons. The second kappa shape index (κ2) is 11.3. The van der Waals surface area contributed by atoms with E-state index in [9.17, 15) is 33.6 Å². The lowest BCUT2D eigenvalue weighted by molar-refractivity contribution is -0.149. The lowest BCUT2D eigenvalue weighted by atomic mass is 9.96. The molecule has 0 aliphatic carbocycles. The first-order valence-electron chi connectivity index (χ1n) is 11.3. The highest BCUT2D eigenvalue weighted by Gasteiger charge is 2.54. The van der Waals surface area contributed by atoms with Crippen molar-refractivity contribution in [1.82, 2.24) is 14.6 Å². The number of aliphatic hydroxyl groups excluding tert-OH is 1. The first-order valence-corrected chi connectivity index (χ1v) is 12.8. The van der Waals surface area contributed by atoms with Crippen LogP contribution in [0.5, 0.6) is 5.75 Å². The number of ether oxygens (including phenoxy) is 2. The van der Waals surface area contributed by atoms with E-state index >= 15 is 0 Å². The monoisotopic (exact) mass is 545 g/mol. The molecule has 3 rings (SSSR count). The van der Waals surface area contributed by atoms with Gasteiger partial charge in [-0.05, 0) is 39.8 Å². The predicted octanol–water partition coefficient (Wildman–Crippen LogP) is 0.818. The van der Waals surface area contributed by atoms with Crippen LogP contribution in [0.1, 0.15) is 33.9 Å². The number of hydrogen-bond donors (Lipinski definition) is 4. The molecule has 0 unspecified atom stereocenters. The second-order valence-electron chi connectivity index (χ2n) is 8.88. The molecule has 1 aromatic carbocycles. The molecule has 2 aromatic rings. The summed E-state index contributed by atoms with van der Waals surface area (Å²) in [7, 11) is -4.33. The van der Waals surface area contributed by atoms with Gasteiger partial charge in [-0.15, -0.1) is 0 Å². The minimum atomic E-state index is -4.33. The van der Waals surface area contributed by atoms with Crippen molar-refractivity contribution in [3.05, 3.63) is 63.2 Å². The summed E-state index contributed by atoms with van der Waals surface area (Å²) in [6.45, 7) is 5.13.